The number of hydrogen-bond donors (Lipinski definition) is 1. The molecule has 130 valence electrons. The molecule has 2 heterocycles. The van der Waals surface area contributed by atoms with Crippen LogP contribution in [0.15, 0.2) is 68.3 Å². The van der Waals surface area contributed by atoms with Crippen molar-refractivity contribution >= 4 is 0 Å². The molecule has 0 aliphatic heterocycles. The van der Waals surface area contributed by atoms with Crippen molar-refractivity contribution in [2.45, 2.75) is 6.92 Å². The van der Waals surface area contributed by atoms with Crippen molar-refractivity contribution in [3.63, 3.8) is 0 Å². The summed E-state index contributed by atoms with van der Waals surface area (Å²) in [7, 11) is 0. The number of nitrogens with zero attached hydrogens (tertiary/aromatic N) is 3. The van der Waals surface area contributed by atoms with Crippen molar-refractivity contribution < 1.29 is 18.4 Å². The minimum Gasteiger partial charge on any atom is -0.494 e. The molecule has 2 aromatic heterocycles. The van der Waals surface area contributed by atoms with Crippen LogP contribution in [-0.4, -0.2) is 22.1 Å². The molecule has 8 nitrogen and oxygen atoms in total. The number of hydrogen-bond acceptors (Lipinski definition) is 6. The Kier molecular flexibility index (Phi) is 4.06. The molecule has 0 aliphatic carbocycles. The highest BCUT2D eigenvalue weighted by Gasteiger charge is 2.30. The fourth-order valence-corrected chi connectivity index (χ4v) is 2.51. The highest BCUT2D eigenvalue weighted by molar-refractivity contribution is 5.54. The van der Waals surface area contributed by atoms with Crippen molar-refractivity contribution in [2.75, 3.05) is 6.61 Å². The second-order valence-corrected chi connectivity index (χ2v) is 5.37. The monoisotopic (exact) mass is 351 g/mol. The molecule has 0 saturated carbocycles. The highest BCUT2D eigenvalue weighted by Crippen LogP contribution is 2.21. The molecule has 26 heavy (non-hydrogen) atoms. The predicted molar refractivity (Wildman–Crippen MR) is 90.8 cm³/mol. The molecule has 0 aliphatic rings. The summed E-state index contributed by atoms with van der Waals surface area (Å²) in [4.78, 5) is 12.2. The largest absolute Gasteiger partial charge is 0.494 e. The molecule has 4 aromatic rings. The Morgan fingerprint density at radius 2 is 1.77 bits per heavy atom. The van der Waals surface area contributed by atoms with Crippen LogP contribution in [0.5, 0.6) is 5.75 Å². The third-order valence-corrected chi connectivity index (χ3v) is 3.70. The first-order valence-electron chi connectivity index (χ1n) is 8.02. The number of nitrogens with one attached hydrogen (secondary N) is 1. The molecule has 8 heteroatoms. The number of aromatic amines is 1. The van der Waals surface area contributed by atoms with E-state index in [2.05, 4.69) is 15.5 Å². The van der Waals surface area contributed by atoms with Gasteiger partial charge in [-0.25, -0.2) is 4.79 Å². The van der Waals surface area contributed by atoms with Gasteiger partial charge in [0.2, 0.25) is 11.6 Å². The average Bonchev–Trinajstić information content (AvgIpc) is 3.30. The van der Waals surface area contributed by atoms with Crippen molar-refractivity contribution in [3.05, 3.63) is 65.0 Å². The molecule has 0 spiro atoms. The van der Waals surface area contributed by atoms with E-state index >= 15 is 0 Å². The Bertz CT molecular complexity index is 1060. The van der Waals surface area contributed by atoms with E-state index in [1.165, 1.54) is 4.68 Å². The first kappa shape index (κ1) is 15.8. The molecule has 2 aromatic carbocycles. The number of ether oxygens (including phenoxy) is 1. The maximum atomic E-state index is 12.2. The van der Waals surface area contributed by atoms with Crippen LogP contribution in [0, 0.1) is 0 Å². The Hall–Kier alpha value is -3.68. The molecule has 0 unspecified atom stereocenters. The normalized spacial score (nSPS) is 10.8. The zero-order valence-corrected chi connectivity index (χ0v) is 13.9. The summed E-state index contributed by atoms with van der Waals surface area (Å²) in [5, 5.41) is 10.5. The maximum absolute atomic E-state index is 12.2. The molecule has 0 amide bonds. The Labute approximate surface area is 147 Å². The van der Waals surface area contributed by atoms with Crippen LogP contribution in [0.2, 0.25) is 0 Å². The summed E-state index contributed by atoms with van der Waals surface area (Å²) in [6, 6.07) is 16.5. The molecule has 0 radical (unpaired) electrons. The molecule has 1 N–H and O–H groups in total. The van der Waals surface area contributed by atoms with Gasteiger partial charge in [0, 0.05) is 17.7 Å². The fraction of sp³-hybridized carbons (Fsp3) is 0.111. The summed E-state index contributed by atoms with van der Waals surface area (Å²) in [6.45, 7) is 2.48. The summed E-state index contributed by atoms with van der Waals surface area (Å²) < 4.78 is 17.5. The second-order valence-electron chi connectivity index (χ2n) is 5.37. The summed E-state index contributed by atoms with van der Waals surface area (Å²) in [6.07, 6.45) is 0. The van der Waals surface area contributed by atoms with Gasteiger partial charge in [0.15, 0.2) is 0 Å². The number of aromatic nitrogens is 4. The van der Waals surface area contributed by atoms with Crippen LogP contribution >= 0.6 is 0 Å². The summed E-state index contributed by atoms with van der Waals surface area (Å²) in [5.74, 6) is 1.11. The third-order valence-electron chi connectivity index (χ3n) is 3.70. The molecular formula is C18H15N4O4+. The first-order valence-corrected chi connectivity index (χ1v) is 8.02. The summed E-state index contributed by atoms with van der Waals surface area (Å²) >= 11 is 0. The van der Waals surface area contributed by atoms with E-state index in [0.29, 0.717) is 18.2 Å². The third kappa shape index (κ3) is 2.88. The molecule has 0 fully saturated rings. The lowest BCUT2D eigenvalue weighted by Gasteiger charge is -2.00. The summed E-state index contributed by atoms with van der Waals surface area (Å²) in [5.41, 5.74) is 0.929. The van der Waals surface area contributed by atoms with Gasteiger partial charge in [0.25, 0.3) is 0 Å². The molecule has 0 saturated heterocycles. The van der Waals surface area contributed by atoms with Crippen LogP contribution in [0.4, 0.5) is 0 Å². The van der Waals surface area contributed by atoms with E-state index in [1.807, 2.05) is 37.3 Å². The van der Waals surface area contributed by atoms with Gasteiger partial charge in [-0.1, -0.05) is 18.2 Å². The number of benzene rings is 2. The Morgan fingerprint density at radius 1 is 1.04 bits per heavy atom. The van der Waals surface area contributed by atoms with Crippen molar-refractivity contribution in [1.29, 1.82) is 0 Å². The van der Waals surface area contributed by atoms with Crippen LogP contribution in [0.25, 0.3) is 28.7 Å². The Morgan fingerprint density at radius 3 is 2.50 bits per heavy atom. The number of rotatable bonds is 5. The molecule has 0 bridgehead atoms. The van der Waals surface area contributed by atoms with E-state index < -0.39 is 5.63 Å². The lowest BCUT2D eigenvalue weighted by molar-refractivity contribution is -0.660. The first-order chi connectivity index (χ1) is 12.8. The van der Waals surface area contributed by atoms with Crippen LogP contribution in [0.1, 0.15) is 6.92 Å². The van der Waals surface area contributed by atoms with Gasteiger partial charge in [-0.3, -0.25) is 4.52 Å². The van der Waals surface area contributed by atoms with Crippen LogP contribution in [0.3, 0.4) is 0 Å². The van der Waals surface area contributed by atoms with E-state index in [0.717, 1.165) is 11.3 Å². The van der Waals surface area contributed by atoms with Crippen LogP contribution in [-0.2, 0) is 0 Å². The Balaban J connectivity index is 1.73. The van der Waals surface area contributed by atoms with E-state index in [1.54, 1.807) is 24.3 Å². The molecule has 4 rings (SSSR count). The SMILES string of the molecule is CCOc1ccc(-[n+]2[nH]oc(=O)c2-c2nnc(-c3ccccc3)o2)cc1. The van der Waals surface area contributed by atoms with Gasteiger partial charge in [0.05, 0.1) is 6.61 Å². The zero-order chi connectivity index (χ0) is 17.9. The topological polar surface area (TPSA) is 98.0 Å². The van der Waals surface area contributed by atoms with Gasteiger partial charge in [-0.2, -0.15) is 0 Å². The number of H-pyrrole nitrogens is 1. The second kappa shape index (κ2) is 6.67. The smallest absolute Gasteiger partial charge is 0.441 e. The molecular weight excluding hydrogens is 336 g/mol. The maximum Gasteiger partial charge on any atom is 0.441 e. The lowest BCUT2D eigenvalue weighted by Crippen LogP contribution is -2.36. The zero-order valence-electron chi connectivity index (χ0n) is 13.9. The van der Waals surface area contributed by atoms with Gasteiger partial charge in [-0.05, 0) is 41.1 Å². The van der Waals surface area contributed by atoms with E-state index in [9.17, 15) is 4.79 Å². The highest BCUT2D eigenvalue weighted by atomic mass is 16.5. The van der Waals surface area contributed by atoms with Crippen LogP contribution < -0.4 is 15.0 Å². The van der Waals surface area contributed by atoms with Gasteiger partial charge in [0.1, 0.15) is 5.75 Å². The van der Waals surface area contributed by atoms with Crippen molar-refractivity contribution in [3.8, 4) is 34.5 Å². The van der Waals surface area contributed by atoms with Crippen molar-refractivity contribution in [2.24, 2.45) is 0 Å². The van der Waals surface area contributed by atoms with Gasteiger partial charge >= 0.3 is 17.2 Å². The van der Waals surface area contributed by atoms with E-state index in [-0.39, 0.29) is 11.6 Å². The van der Waals surface area contributed by atoms with Gasteiger partial charge < -0.3 is 9.15 Å². The van der Waals surface area contributed by atoms with Gasteiger partial charge in [-0.15, -0.1) is 10.2 Å². The predicted octanol–water partition coefficient (Wildman–Crippen LogP) is 2.36. The fourth-order valence-electron chi connectivity index (χ4n) is 2.51. The minimum absolute atomic E-state index is 0.0627. The quantitative estimate of drug-likeness (QED) is 0.554. The molecule has 0 atom stereocenters. The van der Waals surface area contributed by atoms with Crippen molar-refractivity contribution in [1.82, 2.24) is 15.5 Å². The minimum atomic E-state index is -0.609. The standard InChI is InChI=1S/C18H14N4O4/c1-2-24-14-10-8-13(9-11-14)22-15(18(23)26-21-22)17-20-19-16(25-17)12-6-4-3-5-7-12/h3-11H,2H2,1H3/p+1. The average molecular weight is 351 g/mol. The lowest BCUT2D eigenvalue weighted by atomic mass is 10.2. The van der Waals surface area contributed by atoms with E-state index in [4.69, 9.17) is 13.7 Å².